The lowest BCUT2D eigenvalue weighted by molar-refractivity contribution is 0.288. The number of nitrogens with zero attached hydrogens (tertiary/aromatic N) is 3. The van der Waals surface area contributed by atoms with Crippen molar-refractivity contribution in [2.24, 2.45) is 0 Å². The minimum atomic E-state index is -0.429. The maximum Gasteiger partial charge on any atom is 0.225 e. The minimum Gasteiger partial charge on any atom is -0.395 e. The molecular formula is C12H18FN3O. The van der Waals surface area contributed by atoms with Crippen LogP contribution in [0.2, 0.25) is 0 Å². The van der Waals surface area contributed by atoms with E-state index >= 15 is 0 Å². The predicted molar refractivity (Wildman–Crippen MR) is 63.3 cm³/mol. The molecule has 4 nitrogen and oxygen atoms in total. The van der Waals surface area contributed by atoms with E-state index in [4.69, 9.17) is 5.11 Å². The van der Waals surface area contributed by atoms with Gasteiger partial charge in [-0.3, -0.25) is 0 Å². The molecule has 1 saturated carbocycles. The molecule has 0 atom stereocenters. The highest BCUT2D eigenvalue weighted by Crippen LogP contribution is 2.24. The third kappa shape index (κ3) is 3.12. The molecule has 94 valence electrons. The Morgan fingerprint density at radius 1 is 1.24 bits per heavy atom. The first-order valence-electron chi connectivity index (χ1n) is 6.16. The highest BCUT2D eigenvalue weighted by Gasteiger charge is 2.22. The molecule has 1 aliphatic rings. The molecule has 1 aromatic heterocycles. The largest absolute Gasteiger partial charge is 0.395 e. The average molecular weight is 239 g/mol. The summed E-state index contributed by atoms with van der Waals surface area (Å²) in [7, 11) is 0. The summed E-state index contributed by atoms with van der Waals surface area (Å²) in [6, 6.07) is 0.376. The van der Waals surface area contributed by atoms with Gasteiger partial charge in [-0.1, -0.05) is 19.3 Å². The zero-order valence-corrected chi connectivity index (χ0v) is 9.85. The Kier molecular flexibility index (Phi) is 4.25. The number of aliphatic hydroxyl groups excluding tert-OH is 1. The summed E-state index contributed by atoms with van der Waals surface area (Å²) in [6.07, 6.45) is 8.22. The Bertz CT molecular complexity index is 338. The zero-order valence-electron chi connectivity index (χ0n) is 9.85. The molecule has 1 fully saturated rings. The molecule has 0 aliphatic heterocycles. The predicted octanol–water partition coefficient (Wildman–Crippen LogP) is 1.75. The maximum atomic E-state index is 12.8. The van der Waals surface area contributed by atoms with E-state index in [1.54, 1.807) is 0 Å². The van der Waals surface area contributed by atoms with Crippen LogP contribution in [0.3, 0.4) is 0 Å². The standard InChI is InChI=1S/C12H18FN3O/c13-10-8-14-12(15-9-10)16(6-7-17)11-4-2-1-3-5-11/h8-9,11,17H,1-7H2. The Balaban J connectivity index is 2.12. The van der Waals surface area contributed by atoms with Gasteiger partial charge in [0.1, 0.15) is 0 Å². The number of hydrogen-bond acceptors (Lipinski definition) is 4. The van der Waals surface area contributed by atoms with Crippen LogP contribution < -0.4 is 4.90 Å². The minimum absolute atomic E-state index is 0.0667. The molecule has 0 spiro atoms. The van der Waals surface area contributed by atoms with Crippen molar-refractivity contribution in [1.82, 2.24) is 9.97 Å². The van der Waals surface area contributed by atoms with Gasteiger partial charge in [0.15, 0.2) is 5.82 Å². The second-order valence-electron chi connectivity index (χ2n) is 4.41. The van der Waals surface area contributed by atoms with Crippen LogP contribution >= 0.6 is 0 Å². The van der Waals surface area contributed by atoms with E-state index in [2.05, 4.69) is 9.97 Å². The van der Waals surface area contributed by atoms with Gasteiger partial charge in [0.05, 0.1) is 19.0 Å². The Morgan fingerprint density at radius 3 is 2.47 bits per heavy atom. The molecule has 17 heavy (non-hydrogen) atoms. The Hall–Kier alpha value is -1.23. The van der Waals surface area contributed by atoms with E-state index in [1.807, 2.05) is 4.90 Å². The normalized spacial score (nSPS) is 17.1. The zero-order chi connectivity index (χ0) is 12.1. The van der Waals surface area contributed by atoms with Crippen molar-refractivity contribution in [1.29, 1.82) is 0 Å². The van der Waals surface area contributed by atoms with Crippen molar-refractivity contribution in [3.05, 3.63) is 18.2 Å². The summed E-state index contributed by atoms with van der Waals surface area (Å²) >= 11 is 0. The van der Waals surface area contributed by atoms with Gasteiger partial charge in [-0.15, -0.1) is 0 Å². The van der Waals surface area contributed by atoms with Crippen LogP contribution in [0.15, 0.2) is 12.4 Å². The monoisotopic (exact) mass is 239 g/mol. The van der Waals surface area contributed by atoms with E-state index in [0.717, 1.165) is 12.8 Å². The topological polar surface area (TPSA) is 49.2 Å². The van der Waals surface area contributed by atoms with Gasteiger partial charge in [0.25, 0.3) is 0 Å². The first kappa shape index (κ1) is 12.2. The molecule has 0 unspecified atom stereocenters. The summed E-state index contributed by atoms with van der Waals surface area (Å²) in [6.45, 7) is 0.577. The molecular weight excluding hydrogens is 221 g/mol. The average Bonchev–Trinajstić information content (AvgIpc) is 2.38. The molecule has 1 N–H and O–H groups in total. The fourth-order valence-electron chi connectivity index (χ4n) is 2.40. The van der Waals surface area contributed by atoms with E-state index in [9.17, 15) is 4.39 Å². The Morgan fingerprint density at radius 2 is 1.88 bits per heavy atom. The highest BCUT2D eigenvalue weighted by atomic mass is 19.1. The molecule has 0 radical (unpaired) electrons. The Labute approximate surface area is 101 Å². The lowest BCUT2D eigenvalue weighted by Gasteiger charge is -2.33. The summed E-state index contributed by atoms with van der Waals surface area (Å²) in [4.78, 5) is 10.0. The first-order valence-corrected chi connectivity index (χ1v) is 6.16. The van der Waals surface area contributed by atoms with E-state index in [0.29, 0.717) is 18.5 Å². The van der Waals surface area contributed by atoms with Crippen LogP contribution in [0.4, 0.5) is 10.3 Å². The molecule has 0 amide bonds. The summed E-state index contributed by atoms with van der Waals surface area (Å²) in [5.41, 5.74) is 0. The lowest BCUT2D eigenvalue weighted by Crippen LogP contribution is -2.40. The van der Waals surface area contributed by atoms with Gasteiger partial charge in [0.2, 0.25) is 5.95 Å². The van der Waals surface area contributed by atoms with Crippen molar-refractivity contribution >= 4 is 5.95 Å². The van der Waals surface area contributed by atoms with Crippen LogP contribution in [0, 0.1) is 5.82 Å². The summed E-state index contributed by atoms with van der Waals surface area (Å²) in [5.74, 6) is 0.0914. The number of rotatable bonds is 4. The van der Waals surface area contributed by atoms with Gasteiger partial charge < -0.3 is 10.0 Å². The van der Waals surface area contributed by atoms with Crippen molar-refractivity contribution in [3.63, 3.8) is 0 Å². The van der Waals surface area contributed by atoms with Crippen LogP contribution in [0.1, 0.15) is 32.1 Å². The maximum absolute atomic E-state index is 12.8. The highest BCUT2D eigenvalue weighted by molar-refractivity contribution is 5.30. The molecule has 1 heterocycles. The van der Waals surface area contributed by atoms with E-state index in [1.165, 1.54) is 31.7 Å². The number of anilines is 1. The lowest BCUT2D eigenvalue weighted by atomic mass is 9.94. The number of hydrogen-bond donors (Lipinski definition) is 1. The number of aliphatic hydroxyl groups is 1. The van der Waals surface area contributed by atoms with Crippen molar-refractivity contribution < 1.29 is 9.50 Å². The van der Waals surface area contributed by atoms with Gasteiger partial charge in [-0.2, -0.15) is 0 Å². The van der Waals surface area contributed by atoms with Crippen LogP contribution in [0.5, 0.6) is 0 Å². The fraction of sp³-hybridized carbons (Fsp3) is 0.667. The third-order valence-electron chi connectivity index (χ3n) is 3.22. The SMILES string of the molecule is OCCN(c1ncc(F)cn1)C1CCCCC1. The third-order valence-corrected chi connectivity index (χ3v) is 3.22. The molecule has 0 aromatic carbocycles. The molecule has 2 rings (SSSR count). The first-order chi connectivity index (χ1) is 8.31. The molecule has 0 bridgehead atoms. The molecule has 0 saturated heterocycles. The van der Waals surface area contributed by atoms with Crippen molar-refractivity contribution in [2.75, 3.05) is 18.1 Å². The van der Waals surface area contributed by atoms with E-state index in [-0.39, 0.29) is 6.61 Å². The second kappa shape index (κ2) is 5.91. The fourth-order valence-corrected chi connectivity index (χ4v) is 2.40. The molecule has 1 aliphatic carbocycles. The molecule has 5 heteroatoms. The van der Waals surface area contributed by atoms with Gasteiger partial charge in [0, 0.05) is 12.6 Å². The quantitative estimate of drug-likeness (QED) is 0.869. The van der Waals surface area contributed by atoms with Crippen molar-refractivity contribution in [2.45, 2.75) is 38.1 Å². The van der Waals surface area contributed by atoms with Crippen molar-refractivity contribution in [3.8, 4) is 0 Å². The molecule has 1 aromatic rings. The summed E-state index contributed by atoms with van der Waals surface area (Å²) < 4.78 is 12.8. The number of aromatic nitrogens is 2. The second-order valence-corrected chi connectivity index (χ2v) is 4.41. The smallest absolute Gasteiger partial charge is 0.225 e. The number of halogens is 1. The van der Waals surface area contributed by atoms with Crippen LogP contribution in [-0.4, -0.2) is 34.3 Å². The van der Waals surface area contributed by atoms with Gasteiger partial charge in [-0.05, 0) is 12.8 Å². The van der Waals surface area contributed by atoms with Gasteiger partial charge in [-0.25, -0.2) is 14.4 Å². The van der Waals surface area contributed by atoms with Gasteiger partial charge >= 0.3 is 0 Å². The van der Waals surface area contributed by atoms with E-state index < -0.39 is 5.82 Å². The summed E-state index contributed by atoms with van der Waals surface area (Å²) in [5, 5.41) is 9.11. The van der Waals surface area contributed by atoms with Crippen LogP contribution in [0.25, 0.3) is 0 Å². The van der Waals surface area contributed by atoms with Crippen LogP contribution in [-0.2, 0) is 0 Å².